The number of hydrogen-bond acceptors (Lipinski definition) is 3. The van der Waals surface area contributed by atoms with Gasteiger partial charge in [-0.3, -0.25) is 4.79 Å². The first-order valence-corrected chi connectivity index (χ1v) is 11.9. The Bertz CT molecular complexity index is 1010. The number of carbonyl (C=O) groups is 1. The zero-order valence-corrected chi connectivity index (χ0v) is 19.3. The van der Waals surface area contributed by atoms with Crippen LogP contribution in [0.3, 0.4) is 0 Å². The molecule has 2 aromatic carbocycles. The summed E-state index contributed by atoms with van der Waals surface area (Å²) < 4.78 is 27.6. The summed E-state index contributed by atoms with van der Waals surface area (Å²) in [7, 11) is -3.51. The quantitative estimate of drug-likeness (QED) is 0.794. The van der Waals surface area contributed by atoms with Gasteiger partial charge in [-0.2, -0.15) is 4.31 Å². The average molecular weight is 429 g/mol. The van der Waals surface area contributed by atoms with Crippen molar-refractivity contribution in [2.75, 3.05) is 13.1 Å². The number of sulfonamides is 1. The predicted octanol–water partition coefficient (Wildman–Crippen LogP) is 4.18. The molecule has 6 heteroatoms. The van der Waals surface area contributed by atoms with Crippen LogP contribution in [0.2, 0.25) is 0 Å². The van der Waals surface area contributed by atoms with E-state index < -0.39 is 10.0 Å². The summed E-state index contributed by atoms with van der Waals surface area (Å²) in [6.07, 6.45) is 1.21. The highest BCUT2D eigenvalue weighted by molar-refractivity contribution is 7.89. The van der Waals surface area contributed by atoms with Gasteiger partial charge >= 0.3 is 0 Å². The molecule has 30 heavy (non-hydrogen) atoms. The molecule has 1 N–H and O–H groups in total. The molecule has 1 amide bonds. The number of hydrogen-bond donors (Lipinski definition) is 1. The molecule has 1 aliphatic rings. The Morgan fingerprint density at radius 1 is 1.00 bits per heavy atom. The van der Waals surface area contributed by atoms with Crippen molar-refractivity contribution in [2.24, 2.45) is 0 Å². The second-order valence-electron chi connectivity index (χ2n) is 9.25. The van der Waals surface area contributed by atoms with Crippen LogP contribution < -0.4 is 5.32 Å². The standard InChI is InChI=1S/C24H32N2O3S/c1-17-6-11-22(18(2)16-17)30(28,29)26-14-12-21(13-15-26)25-23(27)19-7-9-20(10-8-19)24(3,4)5/h6-11,16,21H,12-15H2,1-5H3,(H,25,27). The number of amides is 1. The molecule has 0 bridgehead atoms. The van der Waals surface area contributed by atoms with Crippen LogP contribution in [0.15, 0.2) is 47.4 Å². The summed E-state index contributed by atoms with van der Waals surface area (Å²) in [6.45, 7) is 11.0. The highest BCUT2D eigenvalue weighted by Gasteiger charge is 2.31. The van der Waals surface area contributed by atoms with Gasteiger partial charge in [-0.25, -0.2) is 8.42 Å². The Balaban J connectivity index is 1.61. The second-order valence-corrected chi connectivity index (χ2v) is 11.2. The lowest BCUT2D eigenvalue weighted by Gasteiger charge is -2.32. The van der Waals surface area contributed by atoms with Crippen molar-refractivity contribution in [1.82, 2.24) is 9.62 Å². The van der Waals surface area contributed by atoms with Crippen molar-refractivity contribution in [2.45, 2.75) is 63.8 Å². The Hall–Kier alpha value is -2.18. The number of benzene rings is 2. The molecule has 0 radical (unpaired) electrons. The highest BCUT2D eigenvalue weighted by Crippen LogP contribution is 2.25. The largest absolute Gasteiger partial charge is 0.349 e. The van der Waals surface area contributed by atoms with Crippen LogP contribution in [-0.4, -0.2) is 37.8 Å². The summed E-state index contributed by atoms with van der Waals surface area (Å²) in [5, 5.41) is 3.06. The minimum Gasteiger partial charge on any atom is -0.349 e. The van der Waals surface area contributed by atoms with Crippen molar-refractivity contribution in [3.63, 3.8) is 0 Å². The third-order valence-electron chi connectivity index (χ3n) is 5.75. The molecule has 1 fully saturated rings. The normalized spacial score (nSPS) is 16.4. The molecule has 5 nitrogen and oxygen atoms in total. The van der Waals surface area contributed by atoms with E-state index in [-0.39, 0.29) is 17.4 Å². The number of carbonyl (C=O) groups excluding carboxylic acids is 1. The molecule has 162 valence electrons. The first-order valence-electron chi connectivity index (χ1n) is 10.5. The second kappa shape index (κ2) is 8.52. The van der Waals surface area contributed by atoms with E-state index in [2.05, 4.69) is 26.1 Å². The van der Waals surface area contributed by atoms with Gasteiger partial charge < -0.3 is 5.32 Å². The molecule has 0 aromatic heterocycles. The summed E-state index contributed by atoms with van der Waals surface area (Å²) >= 11 is 0. The first kappa shape index (κ1) is 22.5. The van der Waals surface area contributed by atoms with Crippen LogP contribution in [0, 0.1) is 13.8 Å². The molecular weight excluding hydrogens is 396 g/mol. The summed E-state index contributed by atoms with van der Waals surface area (Å²) in [5.74, 6) is -0.105. The summed E-state index contributed by atoms with van der Waals surface area (Å²) in [5.41, 5.74) is 3.67. The lowest BCUT2D eigenvalue weighted by molar-refractivity contribution is 0.0924. The van der Waals surface area contributed by atoms with Crippen LogP contribution in [0.4, 0.5) is 0 Å². The number of aryl methyl sites for hydroxylation is 2. The lowest BCUT2D eigenvalue weighted by atomic mass is 9.86. The van der Waals surface area contributed by atoms with Gasteiger partial charge in [0, 0.05) is 24.7 Å². The average Bonchev–Trinajstić information content (AvgIpc) is 2.67. The fraction of sp³-hybridized carbons (Fsp3) is 0.458. The van der Waals surface area contributed by atoms with Gasteiger partial charge in [0.2, 0.25) is 10.0 Å². The van der Waals surface area contributed by atoms with Crippen molar-refractivity contribution in [1.29, 1.82) is 0 Å². The molecule has 0 aliphatic carbocycles. The number of piperidine rings is 1. The van der Waals surface area contributed by atoms with E-state index in [9.17, 15) is 13.2 Å². The SMILES string of the molecule is Cc1ccc(S(=O)(=O)N2CCC(NC(=O)c3ccc(C(C)(C)C)cc3)CC2)c(C)c1. The van der Waals surface area contributed by atoms with Crippen molar-refractivity contribution in [3.05, 3.63) is 64.7 Å². The van der Waals surface area contributed by atoms with Crippen LogP contribution in [0.5, 0.6) is 0 Å². The van der Waals surface area contributed by atoms with Gasteiger partial charge in [0.05, 0.1) is 4.90 Å². The van der Waals surface area contributed by atoms with Gasteiger partial charge in [0.15, 0.2) is 0 Å². The molecule has 1 saturated heterocycles. The van der Waals surface area contributed by atoms with Crippen LogP contribution in [0.25, 0.3) is 0 Å². The molecule has 0 unspecified atom stereocenters. The van der Waals surface area contributed by atoms with E-state index in [1.807, 2.05) is 50.2 Å². The van der Waals surface area contributed by atoms with Crippen molar-refractivity contribution < 1.29 is 13.2 Å². The zero-order chi connectivity index (χ0) is 22.1. The number of rotatable bonds is 4. The summed E-state index contributed by atoms with van der Waals surface area (Å²) in [6, 6.07) is 13.1. The third kappa shape index (κ3) is 4.93. The Morgan fingerprint density at radius 2 is 1.60 bits per heavy atom. The highest BCUT2D eigenvalue weighted by atomic mass is 32.2. The zero-order valence-electron chi connectivity index (χ0n) is 18.5. The Morgan fingerprint density at radius 3 is 2.13 bits per heavy atom. The summed E-state index contributed by atoms with van der Waals surface area (Å²) in [4.78, 5) is 13.0. The van der Waals surface area contributed by atoms with Crippen LogP contribution >= 0.6 is 0 Å². The van der Waals surface area contributed by atoms with Gasteiger partial charge in [0.1, 0.15) is 0 Å². The Kier molecular flexibility index (Phi) is 6.39. The van der Waals surface area contributed by atoms with Gasteiger partial charge in [-0.15, -0.1) is 0 Å². The third-order valence-corrected chi connectivity index (χ3v) is 7.81. The van der Waals surface area contributed by atoms with Crippen LogP contribution in [-0.2, 0) is 15.4 Å². The van der Waals surface area contributed by atoms with E-state index in [0.29, 0.717) is 36.4 Å². The predicted molar refractivity (Wildman–Crippen MR) is 120 cm³/mol. The Labute approximate surface area is 180 Å². The maximum atomic E-state index is 13.0. The molecular formula is C24H32N2O3S. The van der Waals surface area contributed by atoms with Crippen molar-refractivity contribution in [3.8, 4) is 0 Å². The van der Waals surface area contributed by atoms with E-state index >= 15 is 0 Å². The van der Waals surface area contributed by atoms with Gasteiger partial charge in [0.25, 0.3) is 5.91 Å². The van der Waals surface area contributed by atoms with Gasteiger partial charge in [-0.05, 0) is 61.4 Å². The van der Waals surface area contributed by atoms with E-state index in [1.165, 1.54) is 9.87 Å². The molecule has 0 spiro atoms. The van der Waals surface area contributed by atoms with Gasteiger partial charge in [-0.1, -0.05) is 50.6 Å². The first-order chi connectivity index (χ1) is 14.0. The molecule has 2 aromatic rings. The molecule has 1 heterocycles. The molecule has 1 aliphatic heterocycles. The van der Waals surface area contributed by atoms with E-state index in [1.54, 1.807) is 6.07 Å². The molecule has 3 rings (SSSR count). The number of nitrogens with zero attached hydrogens (tertiary/aromatic N) is 1. The lowest BCUT2D eigenvalue weighted by Crippen LogP contribution is -2.46. The monoisotopic (exact) mass is 428 g/mol. The topological polar surface area (TPSA) is 66.5 Å². The minimum atomic E-state index is -3.51. The molecule has 0 saturated carbocycles. The fourth-order valence-electron chi connectivity index (χ4n) is 3.86. The minimum absolute atomic E-state index is 0.0228. The van der Waals surface area contributed by atoms with Crippen LogP contribution in [0.1, 0.15) is 60.7 Å². The number of nitrogens with one attached hydrogen (secondary N) is 1. The fourth-order valence-corrected chi connectivity index (χ4v) is 5.53. The maximum absolute atomic E-state index is 13.0. The van der Waals surface area contributed by atoms with Crippen molar-refractivity contribution >= 4 is 15.9 Å². The molecule has 0 atom stereocenters. The smallest absolute Gasteiger partial charge is 0.251 e. The van der Waals surface area contributed by atoms with E-state index in [4.69, 9.17) is 0 Å². The maximum Gasteiger partial charge on any atom is 0.251 e. The van der Waals surface area contributed by atoms with E-state index in [0.717, 1.165) is 11.1 Å².